The summed E-state index contributed by atoms with van der Waals surface area (Å²) in [6.45, 7) is 5.10. The van der Waals surface area contributed by atoms with Gasteiger partial charge < -0.3 is 0 Å². The molecule has 0 bridgehead atoms. The van der Waals surface area contributed by atoms with Gasteiger partial charge in [-0.1, -0.05) is 0 Å². The number of hydrogen-bond donors (Lipinski definition) is 1. The first-order chi connectivity index (χ1) is 3.85. The minimum Gasteiger partial charge on any atom is -0.298 e. The third kappa shape index (κ3) is 3.11. The van der Waals surface area contributed by atoms with Gasteiger partial charge >= 0.3 is 0 Å². The molecule has 0 N–H and O–H groups in total. The highest BCUT2D eigenvalue weighted by Crippen LogP contribution is 2.22. The summed E-state index contributed by atoms with van der Waals surface area (Å²) < 4.78 is -0.409. The molecule has 1 nitrogen and oxygen atoms in total. The number of Topliss-reactive ketones (excluding diaryl/α,β-unsaturated/α-hetero) is 1. The van der Waals surface area contributed by atoms with Crippen molar-refractivity contribution in [2.75, 3.05) is 0 Å². The lowest BCUT2D eigenvalue weighted by Gasteiger charge is -2.20. The summed E-state index contributed by atoms with van der Waals surface area (Å²) in [5.41, 5.74) is 0. The van der Waals surface area contributed by atoms with E-state index < -0.39 is 10.1 Å². The summed E-state index contributed by atoms with van der Waals surface area (Å²) in [4.78, 5) is 10.6. The molecular formula is C6H11ClOS. The predicted octanol–water partition coefficient (Wildman–Crippen LogP) is 1.89. The van der Waals surface area contributed by atoms with Gasteiger partial charge in [-0.05, 0) is 20.8 Å². The highest BCUT2D eigenvalue weighted by molar-refractivity contribution is 7.82. The van der Waals surface area contributed by atoms with Crippen LogP contribution in [0, 0.1) is 0 Å². The smallest absolute Gasteiger partial charge is 0.149 e. The summed E-state index contributed by atoms with van der Waals surface area (Å²) in [5, 5.41) is -0.485. The van der Waals surface area contributed by atoms with Gasteiger partial charge in [-0.25, -0.2) is 0 Å². The van der Waals surface area contributed by atoms with Gasteiger partial charge in [0.25, 0.3) is 0 Å². The van der Waals surface area contributed by atoms with E-state index in [1.165, 1.54) is 6.92 Å². The Kier molecular flexibility index (Phi) is 3.03. The summed E-state index contributed by atoms with van der Waals surface area (Å²) in [7, 11) is 0. The normalized spacial score (nSPS) is 15.2. The fourth-order valence-corrected chi connectivity index (χ4v) is 0.679. The quantitative estimate of drug-likeness (QED) is 0.490. The van der Waals surface area contributed by atoms with E-state index in [1.54, 1.807) is 0 Å². The highest BCUT2D eigenvalue weighted by Gasteiger charge is 2.26. The van der Waals surface area contributed by atoms with Crippen LogP contribution in [-0.4, -0.2) is 15.9 Å². The Bertz CT molecular complexity index is 117. The zero-order valence-electron chi connectivity index (χ0n) is 5.81. The third-order valence-electron chi connectivity index (χ3n) is 0.977. The lowest BCUT2D eigenvalue weighted by molar-refractivity contribution is -0.117. The molecule has 9 heavy (non-hydrogen) atoms. The van der Waals surface area contributed by atoms with Crippen molar-refractivity contribution in [3.8, 4) is 0 Å². The maximum absolute atomic E-state index is 10.6. The maximum atomic E-state index is 10.6. The minimum absolute atomic E-state index is 0.0309. The van der Waals surface area contributed by atoms with Crippen molar-refractivity contribution < 1.29 is 4.79 Å². The maximum Gasteiger partial charge on any atom is 0.149 e. The minimum atomic E-state index is -0.485. The molecule has 0 heterocycles. The molecule has 0 aliphatic heterocycles. The molecule has 0 rings (SSSR count). The van der Waals surface area contributed by atoms with Crippen molar-refractivity contribution in [3.63, 3.8) is 0 Å². The van der Waals surface area contributed by atoms with Crippen LogP contribution in [0.3, 0.4) is 0 Å². The molecule has 0 amide bonds. The molecule has 0 unspecified atom stereocenters. The Morgan fingerprint density at radius 2 is 2.00 bits per heavy atom. The van der Waals surface area contributed by atoms with E-state index in [1.807, 2.05) is 13.8 Å². The molecule has 0 aromatic heterocycles. The van der Waals surface area contributed by atoms with Crippen molar-refractivity contribution in [2.24, 2.45) is 0 Å². The average Bonchev–Trinajstić information content (AvgIpc) is 1.62. The average molecular weight is 167 g/mol. The van der Waals surface area contributed by atoms with Crippen LogP contribution in [-0.2, 0) is 4.79 Å². The Labute approximate surface area is 66.2 Å². The van der Waals surface area contributed by atoms with Crippen molar-refractivity contribution in [3.05, 3.63) is 0 Å². The number of ketones is 1. The van der Waals surface area contributed by atoms with Gasteiger partial charge in [-0.15, -0.1) is 11.6 Å². The number of carbonyl (C=O) groups is 1. The molecule has 0 aliphatic rings. The van der Waals surface area contributed by atoms with Crippen LogP contribution in [0.25, 0.3) is 0 Å². The number of carbonyl (C=O) groups excluding carboxylic acids is 1. The molecule has 0 saturated heterocycles. The second-order valence-electron chi connectivity index (χ2n) is 2.63. The number of hydrogen-bond acceptors (Lipinski definition) is 2. The van der Waals surface area contributed by atoms with Crippen LogP contribution in [0.15, 0.2) is 0 Å². The van der Waals surface area contributed by atoms with E-state index >= 15 is 0 Å². The topological polar surface area (TPSA) is 17.1 Å². The predicted molar refractivity (Wildman–Crippen MR) is 43.4 cm³/mol. The Hall–Kier alpha value is 0.310. The van der Waals surface area contributed by atoms with Crippen molar-refractivity contribution >= 4 is 30.0 Å². The van der Waals surface area contributed by atoms with Gasteiger partial charge in [0.15, 0.2) is 0 Å². The number of halogens is 1. The first-order valence-corrected chi connectivity index (χ1v) is 3.61. The van der Waals surface area contributed by atoms with Gasteiger partial charge in [-0.2, -0.15) is 12.6 Å². The molecule has 0 spiro atoms. The van der Waals surface area contributed by atoms with E-state index in [2.05, 4.69) is 12.6 Å². The third-order valence-corrected chi connectivity index (χ3v) is 2.24. The lowest BCUT2D eigenvalue weighted by atomic mass is 10.1. The van der Waals surface area contributed by atoms with Crippen LogP contribution in [0.2, 0.25) is 0 Å². The zero-order valence-corrected chi connectivity index (χ0v) is 7.46. The fourth-order valence-electron chi connectivity index (χ4n) is 0.497. The zero-order chi connectivity index (χ0) is 7.65. The molecule has 3 heteroatoms. The van der Waals surface area contributed by atoms with Gasteiger partial charge in [0, 0.05) is 4.75 Å². The second kappa shape index (κ2) is 2.93. The van der Waals surface area contributed by atoms with E-state index in [9.17, 15) is 4.79 Å². The number of thiol groups is 1. The number of alkyl halides is 1. The Balaban J connectivity index is 4.04. The SMILES string of the molecule is CC(=O)[C@H](Cl)C(C)(C)S. The first-order valence-electron chi connectivity index (χ1n) is 2.72. The van der Waals surface area contributed by atoms with Crippen LogP contribution >= 0.6 is 24.2 Å². The molecule has 1 atom stereocenters. The van der Waals surface area contributed by atoms with Crippen molar-refractivity contribution in [1.29, 1.82) is 0 Å². The molecule has 0 radical (unpaired) electrons. The van der Waals surface area contributed by atoms with Crippen molar-refractivity contribution in [2.45, 2.75) is 30.9 Å². The van der Waals surface area contributed by atoms with E-state index in [-0.39, 0.29) is 5.78 Å². The molecular weight excluding hydrogens is 156 g/mol. The fraction of sp³-hybridized carbons (Fsp3) is 0.833. The molecule has 0 saturated carbocycles. The van der Waals surface area contributed by atoms with Gasteiger partial charge in [-0.3, -0.25) is 4.79 Å². The highest BCUT2D eigenvalue weighted by atomic mass is 35.5. The second-order valence-corrected chi connectivity index (χ2v) is 4.22. The van der Waals surface area contributed by atoms with Crippen LogP contribution in [0.1, 0.15) is 20.8 Å². The summed E-state index contributed by atoms with van der Waals surface area (Å²) >= 11 is 9.80. The van der Waals surface area contributed by atoms with Gasteiger partial charge in [0.2, 0.25) is 0 Å². The monoisotopic (exact) mass is 166 g/mol. The first kappa shape index (κ1) is 9.31. The Morgan fingerprint density at radius 1 is 1.67 bits per heavy atom. The lowest BCUT2D eigenvalue weighted by Crippen LogP contribution is -2.31. The summed E-state index contributed by atoms with van der Waals surface area (Å²) in [5.74, 6) is -0.0309. The van der Waals surface area contributed by atoms with Crippen LogP contribution in [0.4, 0.5) is 0 Å². The van der Waals surface area contributed by atoms with Crippen molar-refractivity contribution in [1.82, 2.24) is 0 Å². The molecule has 0 aromatic carbocycles. The van der Waals surface area contributed by atoms with E-state index in [4.69, 9.17) is 11.6 Å². The standard InChI is InChI=1S/C6H11ClOS/c1-4(8)5(7)6(2,3)9/h5,9H,1-3H3/t5-/m0/s1. The van der Waals surface area contributed by atoms with E-state index in [0.717, 1.165) is 0 Å². The van der Waals surface area contributed by atoms with Crippen LogP contribution in [0.5, 0.6) is 0 Å². The Morgan fingerprint density at radius 3 is 2.00 bits per heavy atom. The molecule has 0 fully saturated rings. The van der Waals surface area contributed by atoms with Crippen LogP contribution < -0.4 is 0 Å². The van der Waals surface area contributed by atoms with E-state index in [0.29, 0.717) is 0 Å². The summed E-state index contributed by atoms with van der Waals surface area (Å²) in [6.07, 6.45) is 0. The van der Waals surface area contributed by atoms with Gasteiger partial charge in [0.1, 0.15) is 11.2 Å². The number of rotatable bonds is 2. The molecule has 54 valence electrons. The van der Waals surface area contributed by atoms with Gasteiger partial charge in [0.05, 0.1) is 0 Å². The molecule has 0 aromatic rings. The largest absolute Gasteiger partial charge is 0.298 e. The summed E-state index contributed by atoms with van der Waals surface area (Å²) in [6, 6.07) is 0. The molecule has 0 aliphatic carbocycles.